The number of aromatic nitrogens is 1. The Morgan fingerprint density at radius 1 is 0.762 bits per heavy atom. The van der Waals surface area contributed by atoms with Crippen molar-refractivity contribution in [2.24, 2.45) is 0 Å². The van der Waals surface area contributed by atoms with Gasteiger partial charge in [0.05, 0.1) is 6.04 Å². The van der Waals surface area contributed by atoms with Crippen LogP contribution in [0.1, 0.15) is 17.2 Å². The summed E-state index contributed by atoms with van der Waals surface area (Å²) in [6.45, 7) is 0. The average molecular weight is 339 g/mol. The summed E-state index contributed by atoms with van der Waals surface area (Å²) < 4.78 is 0.976. The molecule has 0 aliphatic heterocycles. The van der Waals surface area contributed by atoms with E-state index in [4.69, 9.17) is 0 Å². The molecule has 0 radical (unpaired) electrons. The molecule has 0 fully saturated rings. The van der Waals surface area contributed by atoms with Gasteiger partial charge >= 0.3 is 0 Å². The van der Waals surface area contributed by atoms with E-state index >= 15 is 0 Å². The fourth-order valence-corrected chi connectivity index (χ4v) is 2.49. The van der Waals surface area contributed by atoms with E-state index in [1.807, 2.05) is 24.3 Å². The molecule has 104 valence electrons. The van der Waals surface area contributed by atoms with Crippen LogP contribution in [0.4, 0.5) is 5.82 Å². The fraction of sp³-hybridized carbons (Fsp3) is 0.0556. The summed E-state index contributed by atoms with van der Waals surface area (Å²) in [5.41, 5.74) is 2.43. The topological polar surface area (TPSA) is 24.9 Å². The van der Waals surface area contributed by atoms with E-state index < -0.39 is 0 Å². The first-order valence-electron chi connectivity index (χ1n) is 6.81. The zero-order valence-corrected chi connectivity index (χ0v) is 13.0. The molecule has 0 saturated carbocycles. The van der Waals surface area contributed by atoms with Crippen molar-refractivity contribution >= 4 is 21.7 Å². The lowest BCUT2D eigenvalue weighted by Gasteiger charge is -2.20. The van der Waals surface area contributed by atoms with Crippen LogP contribution in [-0.2, 0) is 0 Å². The Labute approximate surface area is 133 Å². The highest BCUT2D eigenvalue weighted by molar-refractivity contribution is 9.10. The number of anilines is 1. The monoisotopic (exact) mass is 338 g/mol. The second kappa shape index (κ2) is 6.55. The van der Waals surface area contributed by atoms with Gasteiger partial charge in [0.1, 0.15) is 5.82 Å². The van der Waals surface area contributed by atoms with Crippen molar-refractivity contribution in [1.29, 1.82) is 0 Å². The molecule has 0 atom stereocenters. The molecule has 0 aliphatic carbocycles. The van der Waals surface area contributed by atoms with Crippen molar-refractivity contribution in [3.63, 3.8) is 0 Å². The van der Waals surface area contributed by atoms with Gasteiger partial charge in [-0.3, -0.25) is 0 Å². The van der Waals surface area contributed by atoms with Gasteiger partial charge < -0.3 is 5.32 Å². The summed E-state index contributed by atoms with van der Waals surface area (Å²) in [5, 5.41) is 3.51. The highest BCUT2D eigenvalue weighted by Gasteiger charge is 2.13. The summed E-state index contributed by atoms with van der Waals surface area (Å²) in [7, 11) is 0. The van der Waals surface area contributed by atoms with Gasteiger partial charge in [-0.05, 0) is 39.2 Å². The van der Waals surface area contributed by atoms with Crippen LogP contribution >= 0.6 is 15.9 Å². The maximum atomic E-state index is 4.41. The SMILES string of the molecule is Brc1ccc(NC(c2ccccc2)c2ccccc2)nc1. The number of halogens is 1. The lowest BCUT2D eigenvalue weighted by Crippen LogP contribution is -2.13. The van der Waals surface area contributed by atoms with Crippen molar-refractivity contribution < 1.29 is 0 Å². The molecule has 0 saturated heterocycles. The van der Waals surface area contributed by atoms with E-state index in [9.17, 15) is 0 Å². The highest BCUT2D eigenvalue weighted by Crippen LogP contribution is 2.26. The Hall–Kier alpha value is -2.13. The maximum absolute atomic E-state index is 4.41. The van der Waals surface area contributed by atoms with Crippen molar-refractivity contribution in [1.82, 2.24) is 4.98 Å². The Bertz CT molecular complexity index is 642. The molecular weight excluding hydrogens is 324 g/mol. The molecule has 3 rings (SSSR count). The largest absolute Gasteiger partial charge is 0.359 e. The van der Waals surface area contributed by atoms with Crippen LogP contribution in [0.5, 0.6) is 0 Å². The number of hydrogen-bond acceptors (Lipinski definition) is 2. The third-order valence-electron chi connectivity index (χ3n) is 3.29. The second-order valence-electron chi connectivity index (χ2n) is 4.76. The zero-order valence-electron chi connectivity index (χ0n) is 11.4. The molecule has 1 heterocycles. The summed E-state index contributed by atoms with van der Waals surface area (Å²) >= 11 is 3.41. The molecule has 3 aromatic rings. The van der Waals surface area contributed by atoms with Crippen LogP contribution < -0.4 is 5.32 Å². The number of pyridine rings is 1. The fourth-order valence-electron chi connectivity index (χ4n) is 2.26. The number of nitrogens with one attached hydrogen (secondary N) is 1. The van der Waals surface area contributed by atoms with Gasteiger partial charge in [0.15, 0.2) is 0 Å². The molecule has 0 spiro atoms. The van der Waals surface area contributed by atoms with E-state index in [1.54, 1.807) is 6.20 Å². The standard InChI is InChI=1S/C18H15BrN2/c19-16-11-12-17(20-13-16)21-18(14-7-3-1-4-8-14)15-9-5-2-6-10-15/h1-13,18H,(H,20,21). The molecule has 0 aliphatic rings. The Kier molecular flexibility index (Phi) is 4.31. The first-order valence-corrected chi connectivity index (χ1v) is 7.60. The smallest absolute Gasteiger partial charge is 0.126 e. The van der Waals surface area contributed by atoms with E-state index in [0.29, 0.717) is 0 Å². The third-order valence-corrected chi connectivity index (χ3v) is 3.75. The summed E-state index contributed by atoms with van der Waals surface area (Å²) in [6, 6.07) is 24.9. The van der Waals surface area contributed by atoms with Gasteiger partial charge in [-0.25, -0.2) is 4.98 Å². The predicted octanol–water partition coefficient (Wildman–Crippen LogP) is 5.05. The van der Waals surface area contributed by atoms with Gasteiger partial charge in [-0.2, -0.15) is 0 Å². The molecule has 21 heavy (non-hydrogen) atoms. The molecule has 0 amide bonds. The molecule has 0 unspecified atom stereocenters. The molecule has 0 bridgehead atoms. The molecule has 3 heteroatoms. The number of benzene rings is 2. The van der Waals surface area contributed by atoms with Crippen LogP contribution in [0.3, 0.4) is 0 Å². The highest BCUT2D eigenvalue weighted by atomic mass is 79.9. The Morgan fingerprint density at radius 2 is 1.33 bits per heavy atom. The minimum absolute atomic E-state index is 0.0843. The summed E-state index contributed by atoms with van der Waals surface area (Å²) in [6.07, 6.45) is 1.80. The quantitative estimate of drug-likeness (QED) is 0.720. The number of nitrogens with zero attached hydrogens (tertiary/aromatic N) is 1. The van der Waals surface area contributed by atoms with Gasteiger partial charge in [0, 0.05) is 10.7 Å². The van der Waals surface area contributed by atoms with Crippen LogP contribution in [0.25, 0.3) is 0 Å². The number of rotatable bonds is 4. The van der Waals surface area contributed by atoms with Crippen molar-refractivity contribution in [2.75, 3.05) is 5.32 Å². The first kappa shape index (κ1) is 13.8. The van der Waals surface area contributed by atoms with Crippen molar-refractivity contribution in [2.45, 2.75) is 6.04 Å². The van der Waals surface area contributed by atoms with Gasteiger partial charge in [0.2, 0.25) is 0 Å². The molecule has 2 nitrogen and oxygen atoms in total. The second-order valence-corrected chi connectivity index (χ2v) is 5.68. The van der Waals surface area contributed by atoms with E-state index in [-0.39, 0.29) is 6.04 Å². The molecule has 1 aromatic heterocycles. The Morgan fingerprint density at radius 3 is 1.81 bits per heavy atom. The van der Waals surface area contributed by atoms with E-state index in [1.165, 1.54) is 11.1 Å². The summed E-state index contributed by atoms with van der Waals surface area (Å²) in [5.74, 6) is 0.857. The van der Waals surface area contributed by atoms with Crippen LogP contribution in [0, 0.1) is 0 Å². The summed E-state index contributed by atoms with van der Waals surface area (Å²) in [4.78, 5) is 4.41. The van der Waals surface area contributed by atoms with Crippen LogP contribution in [-0.4, -0.2) is 4.98 Å². The van der Waals surface area contributed by atoms with Crippen LogP contribution in [0.15, 0.2) is 83.5 Å². The maximum Gasteiger partial charge on any atom is 0.126 e. The first-order chi connectivity index (χ1) is 10.3. The molecule has 1 N–H and O–H groups in total. The minimum atomic E-state index is 0.0843. The lowest BCUT2D eigenvalue weighted by molar-refractivity contribution is 0.926. The lowest BCUT2D eigenvalue weighted by atomic mass is 9.99. The van der Waals surface area contributed by atoms with Crippen molar-refractivity contribution in [3.05, 3.63) is 94.6 Å². The van der Waals surface area contributed by atoms with Gasteiger partial charge in [-0.1, -0.05) is 60.7 Å². The zero-order chi connectivity index (χ0) is 14.5. The normalized spacial score (nSPS) is 10.6. The van der Waals surface area contributed by atoms with Crippen LogP contribution in [0.2, 0.25) is 0 Å². The molecular formula is C18H15BrN2. The predicted molar refractivity (Wildman–Crippen MR) is 90.3 cm³/mol. The number of hydrogen-bond donors (Lipinski definition) is 1. The minimum Gasteiger partial charge on any atom is -0.359 e. The van der Waals surface area contributed by atoms with E-state index in [2.05, 4.69) is 74.8 Å². The third kappa shape index (κ3) is 3.50. The Balaban J connectivity index is 1.95. The van der Waals surface area contributed by atoms with E-state index in [0.717, 1.165) is 10.3 Å². The van der Waals surface area contributed by atoms with Gasteiger partial charge in [-0.15, -0.1) is 0 Å². The molecule has 2 aromatic carbocycles. The average Bonchev–Trinajstić information content (AvgIpc) is 2.56. The van der Waals surface area contributed by atoms with Crippen molar-refractivity contribution in [3.8, 4) is 0 Å². The van der Waals surface area contributed by atoms with Gasteiger partial charge in [0.25, 0.3) is 0 Å².